The third kappa shape index (κ3) is 4.50. The normalized spacial score (nSPS) is 19.0. The van der Waals surface area contributed by atoms with Crippen molar-refractivity contribution in [1.82, 2.24) is 9.55 Å². The van der Waals surface area contributed by atoms with Crippen molar-refractivity contribution < 1.29 is 9.47 Å². The van der Waals surface area contributed by atoms with Crippen molar-refractivity contribution in [3.63, 3.8) is 0 Å². The fourth-order valence-electron chi connectivity index (χ4n) is 3.94. The van der Waals surface area contributed by atoms with Crippen LogP contribution in [0.5, 0.6) is 0 Å². The molecule has 0 bridgehead atoms. The van der Waals surface area contributed by atoms with Gasteiger partial charge in [0.1, 0.15) is 0 Å². The van der Waals surface area contributed by atoms with Gasteiger partial charge in [-0.2, -0.15) is 0 Å². The summed E-state index contributed by atoms with van der Waals surface area (Å²) >= 11 is 0. The van der Waals surface area contributed by atoms with Gasteiger partial charge in [0.05, 0.1) is 26.1 Å². The number of nitrogens with zero attached hydrogens (tertiary/aromatic N) is 2. The van der Waals surface area contributed by atoms with E-state index in [1.165, 1.54) is 18.4 Å². The molecule has 25 heavy (non-hydrogen) atoms. The molecule has 1 saturated heterocycles. The van der Waals surface area contributed by atoms with E-state index in [2.05, 4.69) is 47.7 Å². The van der Waals surface area contributed by atoms with Gasteiger partial charge < -0.3 is 14.0 Å². The van der Waals surface area contributed by atoms with Crippen molar-refractivity contribution in [2.75, 3.05) is 13.2 Å². The summed E-state index contributed by atoms with van der Waals surface area (Å²) in [4.78, 5) is 4.17. The summed E-state index contributed by atoms with van der Waals surface area (Å²) in [7, 11) is 0. The predicted octanol–water partition coefficient (Wildman–Crippen LogP) is 4.46. The third-order valence-electron chi connectivity index (χ3n) is 5.14. The molecule has 2 heterocycles. The van der Waals surface area contributed by atoms with Gasteiger partial charge in [-0.3, -0.25) is 0 Å². The second-order valence-corrected chi connectivity index (χ2v) is 7.39. The minimum absolute atomic E-state index is 0.165. The van der Waals surface area contributed by atoms with E-state index in [-0.39, 0.29) is 5.41 Å². The molecular weight excluding hydrogens is 312 g/mol. The molecule has 1 aromatic heterocycles. The third-order valence-corrected chi connectivity index (χ3v) is 5.14. The van der Waals surface area contributed by atoms with Gasteiger partial charge in [-0.25, -0.2) is 4.98 Å². The molecule has 4 heteroatoms. The van der Waals surface area contributed by atoms with Gasteiger partial charge in [0, 0.05) is 24.2 Å². The Labute approximate surface area is 151 Å². The zero-order valence-electron chi connectivity index (χ0n) is 15.5. The molecular formula is C21H30N2O2. The Morgan fingerprint density at radius 2 is 1.72 bits per heavy atom. The van der Waals surface area contributed by atoms with Gasteiger partial charge >= 0.3 is 0 Å². The maximum atomic E-state index is 6.49. The summed E-state index contributed by atoms with van der Waals surface area (Å²) in [6, 6.07) is 10.5. The van der Waals surface area contributed by atoms with Crippen molar-refractivity contribution >= 4 is 0 Å². The molecule has 0 spiro atoms. The number of hydrogen-bond acceptors (Lipinski definition) is 3. The van der Waals surface area contributed by atoms with Crippen LogP contribution in [0.4, 0.5) is 0 Å². The van der Waals surface area contributed by atoms with Crippen LogP contribution in [0.1, 0.15) is 45.1 Å². The van der Waals surface area contributed by atoms with Gasteiger partial charge in [0.25, 0.3) is 0 Å². The second kappa shape index (κ2) is 8.15. The van der Waals surface area contributed by atoms with Crippen LogP contribution in [-0.2, 0) is 22.4 Å². The Morgan fingerprint density at radius 3 is 2.28 bits per heavy atom. The maximum absolute atomic E-state index is 6.49. The molecule has 1 fully saturated rings. The van der Waals surface area contributed by atoms with Crippen LogP contribution < -0.4 is 0 Å². The van der Waals surface area contributed by atoms with E-state index in [4.69, 9.17) is 9.47 Å². The summed E-state index contributed by atoms with van der Waals surface area (Å²) in [5.41, 5.74) is 1.40. The molecule has 0 aliphatic carbocycles. The van der Waals surface area contributed by atoms with Crippen LogP contribution in [-0.4, -0.2) is 28.6 Å². The summed E-state index contributed by atoms with van der Waals surface area (Å²) in [5.74, 6) is -0.618. The first kappa shape index (κ1) is 18.2. The van der Waals surface area contributed by atoms with Gasteiger partial charge in [-0.05, 0) is 18.4 Å². The van der Waals surface area contributed by atoms with Crippen LogP contribution in [0.2, 0.25) is 0 Å². The first-order chi connectivity index (χ1) is 12.2. The lowest BCUT2D eigenvalue weighted by Gasteiger charge is -2.46. The van der Waals surface area contributed by atoms with Crippen LogP contribution in [0.25, 0.3) is 0 Å². The van der Waals surface area contributed by atoms with Crippen LogP contribution in [0.15, 0.2) is 49.1 Å². The molecule has 3 rings (SSSR count). The monoisotopic (exact) mass is 342 g/mol. The van der Waals surface area contributed by atoms with E-state index in [0.29, 0.717) is 6.54 Å². The second-order valence-electron chi connectivity index (χ2n) is 7.39. The zero-order valence-corrected chi connectivity index (χ0v) is 15.5. The number of imidazole rings is 1. The summed E-state index contributed by atoms with van der Waals surface area (Å²) < 4.78 is 15.0. The predicted molar refractivity (Wildman–Crippen MR) is 99.3 cm³/mol. The van der Waals surface area contributed by atoms with Crippen molar-refractivity contribution in [2.45, 2.75) is 58.3 Å². The van der Waals surface area contributed by atoms with E-state index in [0.717, 1.165) is 32.5 Å². The van der Waals surface area contributed by atoms with Gasteiger partial charge in [-0.1, -0.05) is 57.0 Å². The Morgan fingerprint density at radius 1 is 1.04 bits per heavy atom. The van der Waals surface area contributed by atoms with Gasteiger partial charge in [0.2, 0.25) is 0 Å². The fraction of sp³-hybridized carbons (Fsp3) is 0.571. The zero-order chi connectivity index (χ0) is 17.6. The highest BCUT2D eigenvalue weighted by Gasteiger charge is 2.44. The van der Waals surface area contributed by atoms with Gasteiger partial charge in [-0.15, -0.1) is 0 Å². The van der Waals surface area contributed by atoms with E-state index >= 15 is 0 Å². The van der Waals surface area contributed by atoms with E-state index in [1.54, 1.807) is 6.20 Å². The molecule has 1 aliphatic heterocycles. The highest BCUT2D eigenvalue weighted by atomic mass is 16.7. The minimum atomic E-state index is -0.618. The molecule has 136 valence electrons. The van der Waals surface area contributed by atoms with Crippen molar-refractivity contribution in [1.29, 1.82) is 0 Å². The molecule has 0 atom stereocenters. The average Bonchev–Trinajstić information content (AvgIpc) is 3.12. The standard InChI is InChI=1S/C21H30N2O2/c1-3-10-20(11-4-2)16-24-21(25-17-20,15-23-13-12-22-18-23)14-19-8-6-5-7-9-19/h5-9,12-13,18H,3-4,10-11,14-17H2,1-2H3. The maximum Gasteiger partial charge on any atom is 0.190 e. The minimum Gasteiger partial charge on any atom is -0.347 e. The van der Waals surface area contributed by atoms with Crippen molar-refractivity contribution in [3.8, 4) is 0 Å². The van der Waals surface area contributed by atoms with Gasteiger partial charge in [0.15, 0.2) is 5.79 Å². The first-order valence-corrected chi connectivity index (χ1v) is 9.47. The first-order valence-electron chi connectivity index (χ1n) is 9.47. The SMILES string of the molecule is CCCC1(CCC)COC(Cc2ccccc2)(Cn2ccnc2)OC1. The molecule has 4 nitrogen and oxygen atoms in total. The van der Waals surface area contributed by atoms with Crippen molar-refractivity contribution in [2.24, 2.45) is 5.41 Å². The molecule has 0 amide bonds. The Balaban J connectivity index is 1.78. The smallest absolute Gasteiger partial charge is 0.190 e. The topological polar surface area (TPSA) is 36.3 Å². The van der Waals surface area contributed by atoms with Crippen LogP contribution in [0.3, 0.4) is 0 Å². The number of hydrogen-bond donors (Lipinski definition) is 0. The van der Waals surface area contributed by atoms with E-state index < -0.39 is 5.79 Å². The number of rotatable bonds is 8. The summed E-state index contributed by atoms with van der Waals surface area (Å²) in [6.45, 7) is 6.70. The largest absolute Gasteiger partial charge is 0.347 e. The molecule has 0 unspecified atom stereocenters. The summed E-state index contributed by atoms with van der Waals surface area (Å²) in [5, 5.41) is 0. The average molecular weight is 342 g/mol. The Hall–Kier alpha value is -1.65. The number of benzene rings is 1. The Kier molecular flexibility index (Phi) is 5.92. The van der Waals surface area contributed by atoms with E-state index in [1.807, 2.05) is 18.6 Å². The number of ether oxygens (including phenoxy) is 2. The molecule has 0 N–H and O–H groups in total. The molecule has 1 aliphatic rings. The molecule has 0 saturated carbocycles. The van der Waals surface area contributed by atoms with Crippen molar-refractivity contribution in [3.05, 3.63) is 54.6 Å². The summed E-state index contributed by atoms with van der Waals surface area (Å²) in [6.07, 6.45) is 11.0. The Bertz CT molecular complexity index is 609. The highest BCUT2D eigenvalue weighted by molar-refractivity contribution is 5.16. The fourth-order valence-corrected chi connectivity index (χ4v) is 3.94. The molecule has 0 radical (unpaired) electrons. The lowest BCUT2D eigenvalue weighted by Crippen LogP contribution is -2.53. The van der Waals surface area contributed by atoms with E-state index in [9.17, 15) is 0 Å². The van der Waals surface area contributed by atoms with Crippen LogP contribution >= 0.6 is 0 Å². The molecule has 1 aromatic carbocycles. The number of aromatic nitrogens is 2. The lowest BCUT2D eigenvalue weighted by molar-refractivity contribution is -0.311. The van der Waals surface area contributed by atoms with Crippen LogP contribution in [0, 0.1) is 5.41 Å². The lowest BCUT2D eigenvalue weighted by atomic mass is 9.79. The highest BCUT2D eigenvalue weighted by Crippen LogP contribution is 2.39. The molecule has 2 aromatic rings. The quantitative estimate of drug-likeness (QED) is 0.711.